The van der Waals surface area contributed by atoms with E-state index in [0.717, 1.165) is 0 Å². The van der Waals surface area contributed by atoms with Crippen molar-refractivity contribution >= 4 is 17.7 Å². The number of aromatic nitrogens is 1. The first kappa shape index (κ1) is 11.0. The smallest absolute Gasteiger partial charge is 0.307 e. The minimum Gasteiger partial charge on any atom is -0.481 e. The van der Waals surface area contributed by atoms with E-state index in [1.54, 1.807) is 18.2 Å². The van der Waals surface area contributed by atoms with Gasteiger partial charge in [0.1, 0.15) is 0 Å². The van der Waals surface area contributed by atoms with Gasteiger partial charge < -0.3 is 15.6 Å². The van der Waals surface area contributed by atoms with E-state index < -0.39 is 5.97 Å². The van der Waals surface area contributed by atoms with Gasteiger partial charge in [0.15, 0.2) is 0 Å². The number of carboxylic acid groups (broad SMARTS) is 1. The van der Waals surface area contributed by atoms with E-state index in [0.29, 0.717) is 17.3 Å². The van der Waals surface area contributed by atoms with E-state index >= 15 is 0 Å². The lowest BCUT2D eigenvalue weighted by molar-refractivity contribution is -0.135. The summed E-state index contributed by atoms with van der Waals surface area (Å²) in [5, 5.41) is 8.43. The largest absolute Gasteiger partial charge is 0.481 e. The maximum absolute atomic E-state index is 10.3. The molecule has 0 aromatic carbocycles. The molecule has 0 unspecified atom stereocenters. The van der Waals surface area contributed by atoms with Crippen molar-refractivity contribution in [2.45, 2.75) is 6.42 Å². The second kappa shape index (κ2) is 4.99. The van der Waals surface area contributed by atoms with Crippen molar-refractivity contribution in [3.05, 3.63) is 23.9 Å². The highest BCUT2D eigenvalue weighted by molar-refractivity contribution is 5.71. The van der Waals surface area contributed by atoms with Gasteiger partial charge in [-0.1, -0.05) is 6.08 Å². The number of ether oxygens (including phenoxy) is 1. The molecule has 1 aromatic heterocycles. The number of nitrogens with two attached hydrogens (primary N) is 1. The molecule has 1 heterocycles. The molecule has 5 heteroatoms. The van der Waals surface area contributed by atoms with Crippen LogP contribution in [0.4, 0.5) is 5.69 Å². The number of hydrogen-bond acceptors (Lipinski definition) is 4. The molecule has 0 atom stereocenters. The van der Waals surface area contributed by atoms with Gasteiger partial charge in [-0.05, 0) is 12.1 Å². The molecular weight excluding hydrogens is 196 g/mol. The van der Waals surface area contributed by atoms with E-state index in [1.165, 1.54) is 13.2 Å². The number of nitrogens with zero attached hydrogens (tertiary/aromatic N) is 1. The summed E-state index contributed by atoms with van der Waals surface area (Å²) >= 11 is 0. The van der Waals surface area contributed by atoms with Crippen LogP contribution in [0.5, 0.6) is 5.88 Å². The van der Waals surface area contributed by atoms with Crippen LogP contribution in [0.25, 0.3) is 6.08 Å². The van der Waals surface area contributed by atoms with E-state index in [2.05, 4.69) is 4.98 Å². The number of anilines is 1. The molecule has 3 N–H and O–H groups in total. The van der Waals surface area contributed by atoms with Gasteiger partial charge >= 0.3 is 5.97 Å². The molecule has 0 amide bonds. The van der Waals surface area contributed by atoms with E-state index in [-0.39, 0.29) is 6.42 Å². The van der Waals surface area contributed by atoms with Crippen molar-refractivity contribution < 1.29 is 14.6 Å². The summed E-state index contributed by atoms with van der Waals surface area (Å²) in [4.78, 5) is 14.3. The highest BCUT2D eigenvalue weighted by Crippen LogP contribution is 2.15. The van der Waals surface area contributed by atoms with Gasteiger partial charge in [-0.2, -0.15) is 0 Å². The molecule has 0 aliphatic heterocycles. The Kier molecular flexibility index (Phi) is 3.68. The monoisotopic (exact) mass is 208 g/mol. The summed E-state index contributed by atoms with van der Waals surface area (Å²) in [5.74, 6) is -0.452. The van der Waals surface area contributed by atoms with Gasteiger partial charge in [0.05, 0.1) is 24.9 Å². The van der Waals surface area contributed by atoms with Gasteiger partial charge in [-0.25, -0.2) is 4.98 Å². The minimum absolute atomic E-state index is 0.0572. The van der Waals surface area contributed by atoms with Crippen LogP contribution in [-0.4, -0.2) is 23.2 Å². The third-order valence-electron chi connectivity index (χ3n) is 1.71. The molecule has 80 valence electrons. The summed E-state index contributed by atoms with van der Waals surface area (Å²) < 4.78 is 4.92. The predicted octanol–water partition coefficient (Wildman–Crippen LogP) is 1.16. The number of nitrogen functional groups attached to an aromatic ring is 1. The van der Waals surface area contributed by atoms with Crippen LogP contribution < -0.4 is 10.5 Å². The number of methoxy groups -OCH3 is 1. The maximum atomic E-state index is 10.3. The van der Waals surface area contributed by atoms with E-state index in [9.17, 15) is 4.79 Å². The van der Waals surface area contributed by atoms with Crippen molar-refractivity contribution in [2.24, 2.45) is 0 Å². The number of pyridine rings is 1. The molecule has 0 aliphatic rings. The number of carboxylic acids is 1. The van der Waals surface area contributed by atoms with Crippen molar-refractivity contribution in [3.63, 3.8) is 0 Å². The highest BCUT2D eigenvalue weighted by Gasteiger charge is 1.99. The Hall–Kier alpha value is -2.04. The molecule has 15 heavy (non-hydrogen) atoms. The lowest BCUT2D eigenvalue weighted by Gasteiger charge is -2.02. The van der Waals surface area contributed by atoms with Crippen LogP contribution in [0.2, 0.25) is 0 Å². The Labute approximate surface area is 87.2 Å². The van der Waals surface area contributed by atoms with Gasteiger partial charge in [-0.15, -0.1) is 0 Å². The van der Waals surface area contributed by atoms with Crippen LogP contribution in [-0.2, 0) is 4.79 Å². The van der Waals surface area contributed by atoms with E-state index in [4.69, 9.17) is 15.6 Å². The zero-order chi connectivity index (χ0) is 11.3. The fourth-order valence-corrected chi connectivity index (χ4v) is 0.986. The van der Waals surface area contributed by atoms with Crippen LogP contribution in [0.3, 0.4) is 0 Å². The van der Waals surface area contributed by atoms with Crippen LogP contribution in [0.1, 0.15) is 12.1 Å². The van der Waals surface area contributed by atoms with Crippen molar-refractivity contribution in [1.82, 2.24) is 4.98 Å². The van der Waals surface area contributed by atoms with Crippen LogP contribution in [0, 0.1) is 0 Å². The lowest BCUT2D eigenvalue weighted by atomic mass is 10.2. The van der Waals surface area contributed by atoms with Gasteiger partial charge in [0.2, 0.25) is 5.88 Å². The second-order valence-electron chi connectivity index (χ2n) is 2.83. The summed E-state index contributed by atoms with van der Waals surface area (Å²) in [5.41, 5.74) is 6.64. The standard InChI is InChI=1S/C10H12N2O3/c1-15-9-6-5-7(11)8(12-9)3-2-4-10(13)14/h2-3,5-6H,4,11H2,1H3,(H,13,14)/b3-2+. The topological polar surface area (TPSA) is 85.4 Å². The third kappa shape index (κ3) is 3.30. The lowest BCUT2D eigenvalue weighted by Crippen LogP contribution is -1.96. The van der Waals surface area contributed by atoms with Gasteiger partial charge in [-0.3, -0.25) is 4.79 Å². The maximum Gasteiger partial charge on any atom is 0.307 e. The van der Waals surface area contributed by atoms with Gasteiger partial charge in [0, 0.05) is 6.07 Å². The molecule has 1 aromatic rings. The minimum atomic E-state index is -0.896. The first-order valence-electron chi connectivity index (χ1n) is 4.32. The van der Waals surface area contributed by atoms with Crippen LogP contribution >= 0.6 is 0 Å². The first-order valence-corrected chi connectivity index (χ1v) is 4.32. The first-order chi connectivity index (χ1) is 7.13. The quantitative estimate of drug-likeness (QED) is 0.775. The Morgan fingerprint density at radius 3 is 3.00 bits per heavy atom. The summed E-state index contributed by atoms with van der Waals surface area (Å²) in [6.07, 6.45) is 2.99. The molecule has 0 saturated heterocycles. The van der Waals surface area contributed by atoms with Crippen molar-refractivity contribution in [2.75, 3.05) is 12.8 Å². The molecule has 0 aliphatic carbocycles. The molecule has 5 nitrogen and oxygen atoms in total. The SMILES string of the molecule is COc1ccc(N)c(/C=C/CC(=O)O)n1. The molecular formula is C10H12N2O3. The number of rotatable bonds is 4. The average Bonchev–Trinajstić information content (AvgIpc) is 2.20. The summed E-state index contributed by atoms with van der Waals surface area (Å²) in [7, 11) is 1.50. The number of hydrogen-bond donors (Lipinski definition) is 2. The van der Waals surface area contributed by atoms with Crippen molar-refractivity contribution in [3.8, 4) is 5.88 Å². The average molecular weight is 208 g/mol. The van der Waals surface area contributed by atoms with Gasteiger partial charge in [0.25, 0.3) is 0 Å². The Bertz CT molecular complexity index is 388. The van der Waals surface area contributed by atoms with Crippen LogP contribution in [0.15, 0.2) is 18.2 Å². The molecule has 0 saturated carbocycles. The second-order valence-corrected chi connectivity index (χ2v) is 2.83. The molecule has 0 bridgehead atoms. The van der Waals surface area contributed by atoms with Crippen molar-refractivity contribution in [1.29, 1.82) is 0 Å². The summed E-state index contributed by atoms with van der Waals surface area (Å²) in [6.45, 7) is 0. The normalized spacial score (nSPS) is 10.5. The Balaban J connectivity index is 2.83. The molecule has 0 fully saturated rings. The third-order valence-corrected chi connectivity index (χ3v) is 1.71. The fraction of sp³-hybridized carbons (Fsp3) is 0.200. The number of carbonyl (C=O) groups is 1. The predicted molar refractivity (Wildman–Crippen MR) is 56.5 cm³/mol. The highest BCUT2D eigenvalue weighted by atomic mass is 16.5. The van der Waals surface area contributed by atoms with E-state index in [1.807, 2.05) is 0 Å². The zero-order valence-electron chi connectivity index (χ0n) is 8.30. The summed E-state index contributed by atoms with van der Waals surface area (Å²) in [6, 6.07) is 3.30. The molecule has 1 rings (SSSR count). The molecule has 0 spiro atoms. The zero-order valence-corrected chi connectivity index (χ0v) is 8.30. The Morgan fingerprint density at radius 1 is 1.67 bits per heavy atom. The molecule has 0 radical (unpaired) electrons. The fourth-order valence-electron chi connectivity index (χ4n) is 0.986. The Morgan fingerprint density at radius 2 is 2.40 bits per heavy atom. The number of aliphatic carboxylic acids is 1.